The Morgan fingerprint density at radius 3 is 2.52 bits per heavy atom. The fraction of sp³-hybridized carbons (Fsp3) is 0.588. The molecule has 0 bridgehead atoms. The van der Waals surface area contributed by atoms with Crippen LogP contribution in [0.4, 0.5) is 18.9 Å². The SMILES string of the molecule is C[C@]12C[C@H](c3ccc(N4CCCC4)cc3)C3=C4CCC(=O)C=C4CC[C@H]3[C@@H]1CC[C@@H]2C(=O)CCC#CC(F)(F)F. The van der Waals surface area contributed by atoms with Gasteiger partial charge in [-0.1, -0.05) is 30.6 Å². The largest absolute Gasteiger partial charge is 0.457 e. The summed E-state index contributed by atoms with van der Waals surface area (Å²) in [7, 11) is 0. The van der Waals surface area contributed by atoms with Crippen LogP contribution in [0.2, 0.25) is 0 Å². The van der Waals surface area contributed by atoms with E-state index < -0.39 is 6.18 Å². The van der Waals surface area contributed by atoms with Crippen LogP contribution >= 0.6 is 0 Å². The van der Waals surface area contributed by atoms with E-state index in [1.807, 2.05) is 6.08 Å². The molecule has 2 saturated carbocycles. The second kappa shape index (κ2) is 10.5. The lowest BCUT2D eigenvalue weighted by molar-refractivity contribution is -0.127. The maximum Gasteiger partial charge on any atom is 0.457 e. The molecular weight excluding hydrogens is 511 g/mol. The van der Waals surface area contributed by atoms with Crippen LogP contribution in [-0.4, -0.2) is 30.8 Å². The molecule has 6 rings (SSSR count). The lowest BCUT2D eigenvalue weighted by atomic mass is 9.51. The molecule has 6 heteroatoms. The van der Waals surface area contributed by atoms with Crippen molar-refractivity contribution in [3.05, 3.63) is 52.6 Å². The van der Waals surface area contributed by atoms with Crippen LogP contribution in [0.5, 0.6) is 0 Å². The van der Waals surface area contributed by atoms with Crippen LogP contribution in [-0.2, 0) is 9.59 Å². The zero-order valence-electron chi connectivity index (χ0n) is 23.3. The average molecular weight is 550 g/mol. The number of ketones is 2. The number of benzene rings is 1. The Balaban J connectivity index is 1.33. The third-order valence-corrected chi connectivity index (χ3v) is 10.6. The van der Waals surface area contributed by atoms with Gasteiger partial charge in [0.2, 0.25) is 0 Å². The number of hydrogen-bond acceptors (Lipinski definition) is 3. The minimum absolute atomic E-state index is 0.0438. The van der Waals surface area contributed by atoms with Gasteiger partial charge in [-0.3, -0.25) is 9.59 Å². The molecule has 0 N–H and O–H groups in total. The molecule has 1 heterocycles. The van der Waals surface area contributed by atoms with Crippen LogP contribution in [0.1, 0.15) is 89.0 Å². The van der Waals surface area contributed by atoms with Crippen molar-refractivity contribution in [3.63, 3.8) is 0 Å². The molecule has 4 aliphatic carbocycles. The highest BCUT2D eigenvalue weighted by Crippen LogP contribution is 2.65. The van der Waals surface area contributed by atoms with Gasteiger partial charge < -0.3 is 4.90 Å². The molecule has 3 fully saturated rings. The molecule has 0 radical (unpaired) electrons. The first-order valence-electron chi connectivity index (χ1n) is 15.0. The number of allylic oxidation sites excluding steroid dienone is 4. The zero-order chi connectivity index (χ0) is 28.1. The fourth-order valence-corrected chi connectivity index (χ4v) is 8.90. The van der Waals surface area contributed by atoms with Crippen molar-refractivity contribution in [2.24, 2.45) is 23.2 Å². The maximum atomic E-state index is 13.5. The normalized spacial score (nSPS) is 31.6. The van der Waals surface area contributed by atoms with E-state index in [2.05, 4.69) is 42.0 Å². The molecule has 212 valence electrons. The van der Waals surface area contributed by atoms with E-state index in [1.165, 1.54) is 46.7 Å². The molecule has 0 aromatic heterocycles. The Morgan fingerprint density at radius 2 is 1.80 bits per heavy atom. The van der Waals surface area contributed by atoms with Crippen molar-refractivity contribution in [2.75, 3.05) is 18.0 Å². The summed E-state index contributed by atoms with van der Waals surface area (Å²) in [5.41, 5.74) is 6.46. The Hall–Kier alpha value is -2.81. The minimum Gasteiger partial charge on any atom is -0.372 e. The number of halogens is 3. The van der Waals surface area contributed by atoms with Gasteiger partial charge in [0.15, 0.2) is 5.78 Å². The van der Waals surface area contributed by atoms with Gasteiger partial charge in [0.05, 0.1) is 0 Å². The minimum atomic E-state index is -4.52. The first-order valence-corrected chi connectivity index (χ1v) is 15.0. The topological polar surface area (TPSA) is 37.4 Å². The number of nitrogens with zero attached hydrogens (tertiary/aromatic N) is 1. The molecule has 5 aliphatic rings. The fourth-order valence-electron chi connectivity index (χ4n) is 8.90. The molecule has 5 atom stereocenters. The summed E-state index contributed by atoms with van der Waals surface area (Å²) in [5, 5.41) is 0. The van der Waals surface area contributed by atoms with E-state index in [4.69, 9.17) is 0 Å². The van der Waals surface area contributed by atoms with E-state index in [1.54, 1.807) is 0 Å². The lowest BCUT2D eigenvalue weighted by Gasteiger charge is -2.52. The van der Waals surface area contributed by atoms with E-state index in [9.17, 15) is 22.8 Å². The highest BCUT2D eigenvalue weighted by molar-refractivity contribution is 5.93. The van der Waals surface area contributed by atoms with Gasteiger partial charge in [-0.2, -0.15) is 13.2 Å². The summed E-state index contributed by atoms with van der Waals surface area (Å²) >= 11 is 0. The van der Waals surface area contributed by atoms with Crippen LogP contribution in [0.25, 0.3) is 0 Å². The van der Waals surface area contributed by atoms with Crippen LogP contribution in [0.15, 0.2) is 47.1 Å². The number of alkyl halides is 3. The van der Waals surface area contributed by atoms with Gasteiger partial charge in [0.1, 0.15) is 5.78 Å². The van der Waals surface area contributed by atoms with Gasteiger partial charge in [-0.05, 0) is 104 Å². The highest BCUT2D eigenvalue weighted by atomic mass is 19.4. The van der Waals surface area contributed by atoms with Crippen molar-refractivity contribution < 1.29 is 22.8 Å². The van der Waals surface area contributed by atoms with E-state index in [0.717, 1.165) is 51.6 Å². The second-order valence-electron chi connectivity index (χ2n) is 12.8. The van der Waals surface area contributed by atoms with Crippen molar-refractivity contribution in [3.8, 4) is 11.8 Å². The summed E-state index contributed by atoms with van der Waals surface area (Å²) < 4.78 is 37.5. The standard InChI is InChI=1S/C34H38F3NO2/c1-33-21-28(22-7-10-24(11-8-22)38-18-4-5-19-38)32-26-14-12-25(39)20-23(26)9-13-27(32)29(33)15-16-30(33)31(40)6-2-3-17-34(35,36)37/h7-8,10-11,20,27-30H,2,4-6,9,12-16,18-19,21H2,1H3/t27-,28+,29-,30+,33-/m0/s1. The third-order valence-electron chi connectivity index (χ3n) is 10.6. The molecule has 1 aliphatic heterocycles. The molecule has 1 aromatic carbocycles. The van der Waals surface area contributed by atoms with E-state index >= 15 is 0 Å². The van der Waals surface area contributed by atoms with E-state index in [-0.39, 0.29) is 41.7 Å². The third kappa shape index (κ3) is 5.06. The van der Waals surface area contributed by atoms with Gasteiger partial charge in [0, 0.05) is 55.8 Å². The number of fused-ring (bicyclic) bond motifs is 4. The van der Waals surface area contributed by atoms with Gasteiger partial charge >= 0.3 is 6.18 Å². The smallest absolute Gasteiger partial charge is 0.372 e. The molecule has 0 spiro atoms. The predicted molar refractivity (Wildman–Crippen MR) is 150 cm³/mol. The second-order valence-corrected chi connectivity index (χ2v) is 12.8. The summed E-state index contributed by atoms with van der Waals surface area (Å²) in [6, 6.07) is 9.04. The van der Waals surface area contributed by atoms with Crippen molar-refractivity contribution >= 4 is 17.3 Å². The number of Topliss-reactive ketones (excluding diaryl/α,β-unsaturated/α-hetero) is 1. The number of carbonyl (C=O) groups is 2. The van der Waals surface area contributed by atoms with Crippen LogP contribution < -0.4 is 4.90 Å². The summed E-state index contributed by atoms with van der Waals surface area (Å²) in [5.74, 6) is 4.57. The van der Waals surface area contributed by atoms with Gasteiger partial charge in [0.25, 0.3) is 0 Å². The number of anilines is 1. The number of rotatable bonds is 5. The number of carbonyl (C=O) groups excluding carboxylic acids is 2. The lowest BCUT2D eigenvalue weighted by Crippen LogP contribution is -2.45. The molecular formula is C34H38F3NO2. The molecule has 40 heavy (non-hydrogen) atoms. The molecule has 0 unspecified atom stereocenters. The van der Waals surface area contributed by atoms with Gasteiger partial charge in [-0.25, -0.2) is 0 Å². The Bertz CT molecular complexity index is 1310. The number of hydrogen-bond donors (Lipinski definition) is 0. The molecule has 1 saturated heterocycles. The van der Waals surface area contributed by atoms with Crippen LogP contribution in [0, 0.1) is 35.0 Å². The van der Waals surface area contributed by atoms with Crippen molar-refractivity contribution in [1.29, 1.82) is 0 Å². The Kier molecular flexibility index (Phi) is 7.21. The van der Waals surface area contributed by atoms with Gasteiger partial charge in [-0.15, -0.1) is 0 Å². The van der Waals surface area contributed by atoms with E-state index in [0.29, 0.717) is 18.3 Å². The molecule has 0 amide bonds. The Morgan fingerprint density at radius 1 is 1.05 bits per heavy atom. The van der Waals surface area contributed by atoms with Crippen LogP contribution in [0.3, 0.4) is 0 Å². The average Bonchev–Trinajstić information content (AvgIpc) is 3.58. The first kappa shape index (κ1) is 27.4. The van der Waals surface area contributed by atoms with Crippen molar-refractivity contribution in [1.82, 2.24) is 0 Å². The zero-order valence-corrected chi connectivity index (χ0v) is 23.3. The first-order chi connectivity index (χ1) is 19.1. The maximum absolute atomic E-state index is 13.5. The molecule has 1 aromatic rings. The molecule has 3 nitrogen and oxygen atoms in total. The summed E-state index contributed by atoms with van der Waals surface area (Å²) in [4.78, 5) is 28.2. The quantitative estimate of drug-likeness (QED) is 0.353. The monoisotopic (exact) mass is 549 g/mol. The van der Waals surface area contributed by atoms with Crippen molar-refractivity contribution in [2.45, 2.75) is 89.6 Å². The summed E-state index contributed by atoms with van der Waals surface area (Å²) in [6.07, 6.45) is 5.78. The Labute approximate surface area is 235 Å². The highest BCUT2D eigenvalue weighted by Gasteiger charge is 2.58. The predicted octanol–water partition coefficient (Wildman–Crippen LogP) is 7.72. The summed E-state index contributed by atoms with van der Waals surface area (Å²) in [6.45, 7) is 4.47.